The van der Waals surface area contributed by atoms with Crippen molar-refractivity contribution in [2.45, 2.75) is 61.9 Å². The molecule has 1 aliphatic heterocycles. The molecule has 1 fully saturated rings. The lowest BCUT2D eigenvalue weighted by molar-refractivity contribution is 0.180. The van der Waals surface area contributed by atoms with Crippen LogP contribution in [0.1, 0.15) is 38.3 Å². The highest BCUT2D eigenvalue weighted by Crippen LogP contribution is 2.32. The minimum atomic E-state index is -3.19. The first-order valence-electron chi connectivity index (χ1n) is 6.99. The van der Waals surface area contributed by atoms with Crippen molar-refractivity contribution in [2.24, 2.45) is 0 Å². The van der Waals surface area contributed by atoms with Gasteiger partial charge in [-0.05, 0) is 26.8 Å². The van der Waals surface area contributed by atoms with Gasteiger partial charge < -0.3 is 0 Å². The lowest BCUT2D eigenvalue weighted by Gasteiger charge is -2.31. The molecule has 1 aromatic rings. The number of sulfone groups is 1. The number of rotatable bonds is 2. The van der Waals surface area contributed by atoms with Gasteiger partial charge >= 0.3 is 0 Å². The van der Waals surface area contributed by atoms with E-state index in [-0.39, 0.29) is 5.25 Å². The summed E-state index contributed by atoms with van der Waals surface area (Å²) in [5.74, 6) is 0. The Bertz CT molecular complexity index is 573. The molecule has 0 aromatic carbocycles. The predicted octanol–water partition coefficient (Wildman–Crippen LogP) is 1.43. The molecule has 1 saturated carbocycles. The standard InChI is InChI=1S/C13H21N3O2S/c1-10-8-16-12(9-15(10)2)13(7-14-16)19(17,18)11-5-3-4-6-11/h7,10-11H,3-6,8-9H2,1-2H3. The largest absolute Gasteiger partial charge is 0.296 e. The molecule has 1 aromatic heterocycles. The second-order valence-electron chi connectivity index (χ2n) is 5.85. The van der Waals surface area contributed by atoms with Crippen LogP contribution in [0.3, 0.4) is 0 Å². The average Bonchev–Trinajstić information content (AvgIpc) is 2.98. The minimum absolute atomic E-state index is 0.189. The zero-order valence-corrected chi connectivity index (χ0v) is 12.4. The zero-order valence-electron chi connectivity index (χ0n) is 11.5. The maximum Gasteiger partial charge on any atom is 0.184 e. The summed E-state index contributed by atoms with van der Waals surface area (Å²) in [7, 11) is -1.15. The molecule has 2 aliphatic rings. The van der Waals surface area contributed by atoms with Crippen molar-refractivity contribution in [1.82, 2.24) is 14.7 Å². The van der Waals surface area contributed by atoms with Gasteiger partial charge in [0.1, 0.15) is 4.90 Å². The molecule has 0 amide bonds. The van der Waals surface area contributed by atoms with E-state index in [1.165, 1.54) is 0 Å². The summed E-state index contributed by atoms with van der Waals surface area (Å²) >= 11 is 0. The smallest absolute Gasteiger partial charge is 0.184 e. The molecule has 6 heteroatoms. The van der Waals surface area contributed by atoms with Crippen LogP contribution in [0, 0.1) is 0 Å². The lowest BCUT2D eigenvalue weighted by Crippen LogP contribution is -2.39. The Kier molecular flexibility index (Phi) is 3.17. The van der Waals surface area contributed by atoms with Crippen molar-refractivity contribution in [2.75, 3.05) is 7.05 Å². The van der Waals surface area contributed by atoms with Crippen molar-refractivity contribution in [3.63, 3.8) is 0 Å². The van der Waals surface area contributed by atoms with E-state index < -0.39 is 9.84 Å². The average molecular weight is 283 g/mol. The van der Waals surface area contributed by atoms with Gasteiger partial charge in [0.05, 0.1) is 23.7 Å². The van der Waals surface area contributed by atoms with E-state index in [0.717, 1.165) is 37.9 Å². The molecule has 0 bridgehead atoms. The molecular weight excluding hydrogens is 262 g/mol. The van der Waals surface area contributed by atoms with E-state index in [1.807, 2.05) is 11.7 Å². The number of aromatic nitrogens is 2. The van der Waals surface area contributed by atoms with Gasteiger partial charge in [-0.3, -0.25) is 9.58 Å². The Labute approximate surface area is 114 Å². The van der Waals surface area contributed by atoms with Crippen LogP contribution in [-0.2, 0) is 22.9 Å². The van der Waals surface area contributed by atoms with Gasteiger partial charge in [-0.1, -0.05) is 12.8 Å². The third-order valence-corrected chi connectivity index (χ3v) is 6.85. The van der Waals surface area contributed by atoms with E-state index in [1.54, 1.807) is 6.20 Å². The molecule has 0 saturated heterocycles. The quantitative estimate of drug-likeness (QED) is 0.824. The van der Waals surface area contributed by atoms with E-state index in [0.29, 0.717) is 17.5 Å². The van der Waals surface area contributed by atoms with Crippen molar-refractivity contribution >= 4 is 9.84 Å². The molecule has 5 nitrogen and oxygen atoms in total. The third-order valence-electron chi connectivity index (χ3n) is 4.55. The maximum absolute atomic E-state index is 12.7. The van der Waals surface area contributed by atoms with Gasteiger partial charge in [-0.25, -0.2) is 8.42 Å². The van der Waals surface area contributed by atoms with Crippen molar-refractivity contribution in [3.05, 3.63) is 11.9 Å². The Hall–Kier alpha value is -0.880. The number of nitrogens with zero attached hydrogens (tertiary/aromatic N) is 3. The van der Waals surface area contributed by atoms with E-state index in [9.17, 15) is 8.42 Å². The molecule has 0 N–H and O–H groups in total. The summed E-state index contributed by atoms with van der Waals surface area (Å²) < 4.78 is 27.2. The minimum Gasteiger partial charge on any atom is -0.296 e. The van der Waals surface area contributed by atoms with Gasteiger partial charge in [-0.2, -0.15) is 5.10 Å². The monoisotopic (exact) mass is 283 g/mol. The molecule has 0 radical (unpaired) electrons. The summed E-state index contributed by atoms with van der Waals surface area (Å²) in [6.45, 7) is 3.57. The Morgan fingerprint density at radius 3 is 2.68 bits per heavy atom. The fourth-order valence-electron chi connectivity index (χ4n) is 3.11. The summed E-state index contributed by atoms with van der Waals surface area (Å²) in [6, 6.07) is 0.398. The number of hydrogen-bond acceptors (Lipinski definition) is 4. The molecule has 106 valence electrons. The van der Waals surface area contributed by atoms with Crippen LogP contribution in [0.5, 0.6) is 0 Å². The number of hydrogen-bond donors (Lipinski definition) is 0. The van der Waals surface area contributed by atoms with E-state index >= 15 is 0 Å². The highest BCUT2D eigenvalue weighted by molar-refractivity contribution is 7.92. The fraction of sp³-hybridized carbons (Fsp3) is 0.769. The summed E-state index contributed by atoms with van der Waals surface area (Å²) in [5.41, 5.74) is 0.868. The van der Waals surface area contributed by atoms with Crippen LogP contribution >= 0.6 is 0 Å². The van der Waals surface area contributed by atoms with Gasteiger partial charge in [-0.15, -0.1) is 0 Å². The number of likely N-dealkylation sites (N-methyl/N-ethyl adjacent to an activating group) is 1. The van der Waals surface area contributed by atoms with E-state index in [2.05, 4.69) is 16.9 Å². The maximum atomic E-state index is 12.7. The second kappa shape index (κ2) is 4.59. The first-order chi connectivity index (χ1) is 9.00. The lowest BCUT2D eigenvalue weighted by atomic mass is 10.2. The van der Waals surface area contributed by atoms with Gasteiger partial charge in [0, 0.05) is 12.6 Å². The van der Waals surface area contributed by atoms with Crippen LogP contribution in [0.2, 0.25) is 0 Å². The molecule has 2 heterocycles. The first-order valence-corrected chi connectivity index (χ1v) is 8.53. The van der Waals surface area contributed by atoms with Gasteiger partial charge in [0.25, 0.3) is 0 Å². The van der Waals surface area contributed by atoms with Crippen molar-refractivity contribution < 1.29 is 8.42 Å². The normalized spacial score (nSPS) is 25.7. The Morgan fingerprint density at radius 1 is 1.32 bits per heavy atom. The SMILES string of the molecule is CC1Cn2ncc(S(=O)(=O)C3CCCC3)c2CN1C. The molecule has 1 aliphatic carbocycles. The topological polar surface area (TPSA) is 55.2 Å². The van der Waals surface area contributed by atoms with Crippen LogP contribution in [0.25, 0.3) is 0 Å². The van der Waals surface area contributed by atoms with Crippen LogP contribution < -0.4 is 0 Å². The van der Waals surface area contributed by atoms with Crippen LogP contribution in [0.15, 0.2) is 11.1 Å². The number of fused-ring (bicyclic) bond motifs is 1. The van der Waals surface area contributed by atoms with Crippen molar-refractivity contribution in [3.8, 4) is 0 Å². The Morgan fingerprint density at radius 2 is 2.00 bits per heavy atom. The Balaban J connectivity index is 1.99. The van der Waals surface area contributed by atoms with Crippen LogP contribution in [0.4, 0.5) is 0 Å². The molecular formula is C13H21N3O2S. The highest BCUT2D eigenvalue weighted by atomic mass is 32.2. The fourth-order valence-corrected chi connectivity index (χ4v) is 5.11. The predicted molar refractivity (Wildman–Crippen MR) is 72.6 cm³/mol. The first kappa shape index (κ1) is 13.1. The molecule has 1 atom stereocenters. The summed E-state index contributed by atoms with van der Waals surface area (Å²) in [4.78, 5) is 2.66. The highest BCUT2D eigenvalue weighted by Gasteiger charge is 2.35. The van der Waals surface area contributed by atoms with E-state index in [4.69, 9.17) is 0 Å². The second-order valence-corrected chi connectivity index (χ2v) is 8.05. The van der Waals surface area contributed by atoms with Gasteiger partial charge in [0.15, 0.2) is 9.84 Å². The van der Waals surface area contributed by atoms with Crippen molar-refractivity contribution in [1.29, 1.82) is 0 Å². The molecule has 3 rings (SSSR count). The van der Waals surface area contributed by atoms with Gasteiger partial charge in [0.2, 0.25) is 0 Å². The van der Waals surface area contributed by atoms with Crippen LogP contribution in [-0.4, -0.2) is 41.4 Å². The molecule has 1 unspecified atom stereocenters. The summed E-state index contributed by atoms with van der Waals surface area (Å²) in [5, 5.41) is 4.10. The molecule has 19 heavy (non-hydrogen) atoms. The third kappa shape index (κ3) is 2.10. The zero-order chi connectivity index (χ0) is 13.6. The molecule has 0 spiro atoms. The summed E-state index contributed by atoms with van der Waals surface area (Å²) in [6.07, 6.45) is 5.24.